The summed E-state index contributed by atoms with van der Waals surface area (Å²) in [5.74, 6) is 0.0870. The van der Waals surface area contributed by atoms with Crippen LogP contribution in [0.25, 0.3) is 17.0 Å². The second-order valence-corrected chi connectivity index (χ2v) is 8.49. The van der Waals surface area contributed by atoms with Gasteiger partial charge in [0.1, 0.15) is 0 Å². The summed E-state index contributed by atoms with van der Waals surface area (Å²) in [5, 5.41) is 5.10. The highest BCUT2D eigenvalue weighted by atomic mass is 35.5. The number of likely N-dealkylation sites (tertiary alicyclic amines) is 1. The molecule has 1 aliphatic heterocycles. The minimum Gasteiger partial charge on any atom is -0.491 e. The summed E-state index contributed by atoms with van der Waals surface area (Å²) in [6.07, 6.45) is 7.18. The summed E-state index contributed by atoms with van der Waals surface area (Å²) in [7, 11) is 3.64. The van der Waals surface area contributed by atoms with E-state index in [-0.39, 0.29) is 17.7 Å². The molecule has 5 nitrogen and oxygen atoms in total. The Hall–Kier alpha value is -1.95. The number of amides is 1. The molecule has 0 bridgehead atoms. The van der Waals surface area contributed by atoms with Crippen molar-refractivity contribution in [2.75, 3.05) is 14.2 Å². The summed E-state index contributed by atoms with van der Waals surface area (Å²) in [5.41, 5.74) is 1.78. The number of aromatic nitrogens is 1. The molecule has 1 aromatic carbocycles. The van der Waals surface area contributed by atoms with E-state index < -0.39 is 0 Å². The van der Waals surface area contributed by atoms with Gasteiger partial charge in [0, 0.05) is 34.7 Å². The molecular formula is C22H27Cl2N3O2. The van der Waals surface area contributed by atoms with Gasteiger partial charge >= 0.3 is 0 Å². The van der Waals surface area contributed by atoms with Crippen molar-refractivity contribution in [3.8, 4) is 0 Å². The van der Waals surface area contributed by atoms with Crippen molar-refractivity contribution < 1.29 is 9.53 Å². The Labute approximate surface area is 181 Å². The van der Waals surface area contributed by atoms with Crippen LogP contribution in [0.2, 0.25) is 10.0 Å². The number of piperidine rings is 1. The minimum absolute atomic E-state index is 0.148. The maximum Gasteiger partial charge on any atom is 0.286 e. The lowest BCUT2D eigenvalue weighted by Gasteiger charge is -2.40. The quantitative estimate of drug-likeness (QED) is 0.394. The molecule has 7 heteroatoms. The molecule has 29 heavy (non-hydrogen) atoms. The molecule has 1 amide bonds. The van der Waals surface area contributed by atoms with Gasteiger partial charge in [-0.2, -0.15) is 0 Å². The molecule has 1 aromatic heterocycles. The second-order valence-electron chi connectivity index (χ2n) is 7.68. The fourth-order valence-electron chi connectivity index (χ4n) is 3.78. The molecule has 2 heterocycles. The van der Waals surface area contributed by atoms with Crippen molar-refractivity contribution in [2.24, 2.45) is 0 Å². The molecule has 0 aliphatic carbocycles. The van der Waals surface area contributed by atoms with Gasteiger partial charge in [-0.25, -0.2) is 0 Å². The van der Waals surface area contributed by atoms with Gasteiger partial charge in [0.15, 0.2) is 5.76 Å². The summed E-state index contributed by atoms with van der Waals surface area (Å²) in [4.78, 5) is 18.2. The second kappa shape index (κ2) is 9.24. The monoisotopic (exact) mass is 435 g/mol. The lowest BCUT2D eigenvalue weighted by atomic mass is 9.93. The van der Waals surface area contributed by atoms with E-state index in [0.29, 0.717) is 22.1 Å². The molecule has 0 saturated carbocycles. The van der Waals surface area contributed by atoms with Crippen molar-refractivity contribution in [3.63, 3.8) is 0 Å². The standard InChI is InChI=1S/C22H27Cl2N3O2/c1-13-8-17(9-14(2)27(13)3)26-22(28)21(29-4)7-5-6-16-10-15-11-18(23)19(24)12-20(15)25-16/h5-7,10-14,17,25H,8-9H2,1-4H3,(H,26,28)/b6-5+,21-7+. The molecule has 2 aromatic rings. The van der Waals surface area contributed by atoms with Crippen molar-refractivity contribution in [2.45, 2.75) is 44.8 Å². The molecule has 156 valence electrons. The Morgan fingerprint density at radius 2 is 1.86 bits per heavy atom. The van der Waals surface area contributed by atoms with E-state index in [0.717, 1.165) is 29.4 Å². The van der Waals surface area contributed by atoms with Gasteiger partial charge in [-0.3, -0.25) is 4.79 Å². The average Bonchev–Trinajstić information content (AvgIpc) is 3.04. The van der Waals surface area contributed by atoms with E-state index >= 15 is 0 Å². The van der Waals surface area contributed by atoms with Crippen molar-refractivity contribution in [1.29, 1.82) is 0 Å². The molecule has 0 spiro atoms. The number of hydrogen-bond acceptors (Lipinski definition) is 3. The predicted octanol–water partition coefficient (Wildman–Crippen LogP) is 5.01. The number of methoxy groups -OCH3 is 1. The lowest BCUT2D eigenvalue weighted by Crippen LogP contribution is -2.51. The van der Waals surface area contributed by atoms with Crippen molar-refractivity contribution in [1.82, 2.24) is 15.2 Å². The summed E-state index contributed by atoms with van der Waals surface area (Å²) < 4.78 is 5.30. The molecule has 2 unspecified atom stereocenters. The molecule has 2 N–H and O–H groups in total. The van der Waals surface area contributed by atoms with Gasteiger partial charge in [0.2, 0.25) is 0 Å². The van der Waals surface area contributed by atoms with Gasteiger partial charge in [0.25, 0.3) is 5.91 Å². The van der Waals surface area contributed by atoms with Crippen LogP contribution in [-0.2, 0) is 9.53 Å². The van der Waals surface area contributed by atoms with E-state index in [1.807, 2.05) is 18.2 Å². The first-order chi connectivity index (χ1) is 13.8. The third-order valence-electron chi connectivity index (χ3n) is 5.63. The fraction of sp³-hybridized carbons (Fsp3) is 0.409. The van der Waals surface area contributed by atoms with Gasteiger partial charge in [-0.1, -0.05) is 29.3 Å². The molecule has 1 saturated heterocycles. The van der Waals surface area contributed by atoms with Crippen LogP contribution in [0.3, 0.4) is 0 Å². The molecule has 1 fully saturated rings. The Bertz CT molecular complexity index is 900. The summed E-state index contributed by atoms with van der Waals surface area (Å²) in [6.45, 7) is 4.37. The van der Waals surface area contributed by atoms with Gasteiger partial charge in [-0.15, -0.1) is 0 Å². The summed E-state index contributed by atoms with van der Waals surface area (Å²) >= 11 is 12.1. The van der Waals surface area contributed by atoms with Gasteiger partial charge in [-0.05, 0) is 64.1 Å². The number of carbonyl (C=O) groups excluding carboxylic acids is 1. The zero-order valence-corrected chi connectivity index (χ0v) is 18.6. The predicted molar refractivity (Wildman–Crippen MR) is 120 cm³/mol. The van der Waals surface area contributed by atoms with E-state index in [2.05, 4.69) is 36.1 Å². The van der Waals surface area contributed by atoms with Crippen LogP contribution in [0.4, 0.5) is 0 Å². The SMILES string of the molecule is CO/C(=C/C=C/c1cc2cc(Cl)c(Cl)cc2[nH]1)C(=O)NC1CC(C)N(C)C(C)C1. The first-order valence-corrected chi connectivity index (χ1v) is 10.5. The normalized spacial score (nSPS) is 23.7. The van der Waals surface area contributed by atoms with Gasteiger partial charge in [0.05, 0.1) is 17.2 Å². The van der Waals surface area contributed by atoms with Gasteiger partial charge < -0.3 is 19.9 Å². The summed E-state index contributed by atoms with van der Waals surface area (Å²) in [6, 6.07) is 6.60. The van der Waals surface area contributed by atoms with Crippen LogP contribution in [0, 0.1) is 0 Å². The molecule has 2 atom stereocenters. The van der Waals surface area contributed by atoms with Crippen LogP contribution in [-0.4, -0.2) is 48.1 Å². The number of H-pyrrole nitrogens is 1. The number of ether oxygens (including phenoxy) is 1. The molecule has 1 aliphatic rings. The number of benzene rings is 1. The Morgan fingerprint density at radius 1 is 1.21 bits per heavy atom. The maximum absolute atomic E-state index is 12.6. The average molecular weight is 436 g/mol. The molecule has 3 rings (SSSR count). The maximum atomic E-state index is 12.6. The van der Waals surface area contributed by atoms with Crippen molar-refractivity contribution >= 4 is 46.1 Å². The first kappa shape index (κ1) is 21.8. The van der Waals surface area contributed by atoms with Crippen LogP contribution in [0.5, 0.6) is 0 Å². The first-order valence-electron chi connectivity index (χ1n) is 9.71. The van der Waals surface area contributed by atoms with E-state index in [1.54, 1.807) is 18.2 Å². The number of nitrogens with one attached hydrogen (secondary N) is 2. The van der Waals surface area contributed by atoms with E-state index in [4.69, 9.17) is 27.9 Å². The molecule has 0 radical (unpaired) electrons. The van der Waals surface area contributed by atoms with Crippen LogP contribution < -0.4 is 5.32 Å². The highest BCUT2D eigenvalue weighted by molar-refractivity contribution is 6.42. The largest absolute Gasteiger partial charge is 0.491 e. The van der Waals surface area contributed by atoms with Crippen molar-refractivity contribution in [3.05, 3.63) is 51.8 Å². The van der Waals surface area contributed by atoms with Crippen LogP contribution in [0.15, 0.2) is 36.1 Å². The third kappa shape index (κ3) is 5.16. The number of aromatic amines is 1. The molecular weight excluding hydrogens is 409 g/mol. The number of halogens is 2. The highest BCUT2D eigenvalue weighted by Gasteiger charge is 2.29. The van der Waals surface area contributed by atoms with Crippen LogP contribution >= 0.6 is 23.2 Å². The smallest absolute Gasteiger partial charge is 0.286 e. The number of nitrogens with zero attached hydrogens (tertiary/aromatic N) is 1. The number of allylic oxidation sites excluding steroid dienone is 2. The van der Waals surface area contributed by atoms with Crippen LogP contribution in [0.1, 0.15) is 32.4 Å². The number of hydrogen-bond donors (Lipinski definition) is 2. The van der Waals surface area contributed by atoms with E-state index in [1.165, 1.54) is 7.11 Å². The Balaban J connectivity index is 1.67. The third-order valence-corrected chi connectivity index (χ3v) is 6.35. The number of rotatable bonds is 5. The number of fused-ring (bicyclic) bond motifs is 1. The zero-order chi connectivity index (χ0) is 21.1. The van der Waals surface area contributed by atoms with E-state index in [9.17, 15) is 4.79 Å². The Morgan fingerprint density at radius 3 is 2.52 bits per heavy atom. The minimum atomic E-state index is -0.193. The highest BCUT2D eigenvalue weighted by Crippen LogP contribution is 2.28. The fourth-order valence-corrected chi connectivity index (χ4v) is 4.11. The lowest BCUT2D eigenvalue weighted by molar-refractivity contribution is -0.121. The topological polar surface area (TPSA) is 57.4 Å². The zero-order valence-electron chi connectivity index (χ0n) is 17.1. The Kier molecular flexibility index (Phi) is 6.93. The number of carbonyl (C=O) groups is 1.